The van der Waals surface area contributed by atoms with Crippen LogP contribution in [-0.4, -0.2) is 16.5 Å². The molecule has 0 radical (unpaired) electrons. The zero-order valence-corrected chi connectivity index (χ0v) is 14.8. The van der Waals surface area contributed by atoms with Gasteiger partial charge >= 0.3 is 0 Å². The molecule has 0 saturated heterocycles. The Morgan fingerprint density at radius 1 is 0.760 bits per heavy atom. The minimum Gasteiger partial charge on any atom is -0.311 e. The predicted molar refractivity (Wildman–Crippen MR) is 101 cm³/mol. The molecule has 4 fully saturated rings. The Morgan fingerprint density at radius 2 is 1.32 bits per heavy atom. The van der Waals surface area contributed by atoms with Gasteiger partial charge in [-0.1, -0.05) is 12.1 Å². The highest BCUT2D eigenvalue weighted by atomic mass is 15.2. The molecule has 130 valence electrons. The third-order valence-corrected chi connectivity index (χ3v) is 6.96. The van der Waals surface area contributed by atoms with E-state index in [1.807, 2.05) is 24.5 Å². The van der Waals surface area contributed by atoms with Gasteiger partial charge < -0.3 is 4.90 Å². The molecule has 2 aromatic rings. The molecule has 3 nitrogen and oxygen atoms in total. The maximum absolute atomic E-state index is 4.60. The van der Waals surface area contributed by atoms with Crippen molar-refractivity contribution in [3.63, 3.8) is 0 Å². The summed E-state index contributed by atoms with van der Waals surface area (Å²) in [6.07, 6.45) is 12.6. The maximum Gasteiger partial charge on any atom is 0.134 e. The number of anilines is 2. The number of rotatable bonds is 5. The lowest BCUT2D eigenvalue weighted by molar-refractivity contribution is -0.0385. The molecule has 4 bridgehead atoms. The second kappa shape index (κ2) is 6.44. The van der Waals surface area contributed by atoms with Gasteiger partial charge in [-0.15, -0.1) is 0 Å². The Bertz CT molecular complexity index is 632. The minimum absolute atomic E-state index is 0.919. The molecule has 3 heteroatoms. The summed E-state index contributed by atoms with van der Waals surface area (Å²) >= 11 is 0. The summed E-state index contributed by atoms with van der Waals surface area (Å²) < 4.78 is 0. The Morgan fingerprint density at radius 3 is 1.80 bits per heavy atom. The van der Waals surface area contributed by atoms with Gasteiger partial charge in [-0.05, 0) is 92.4 Å². The summed E-state index contributed by atoms with van der Waals surface area (Å²) in [4.78, 5) is 11.5. The van der Waals surface area contributed by atoms with Crippen LogP contribution in [0, 0.1) is 29.6 Å². The lowest BCUT2D eigenvalue weighted by Gasteiger charge is -2.54. The highest BCUT2D eigenvalue weighted by Crippen LogP contribution is 2.57. The summed E-state index contributed by atoms with van der Waals surface area (Å²) in [7, 11) is 0. The summed E-state index contributed by atoms with van der Waals surface area (Å²) in [6.45, 7) is 1.03. The summed E-state index contributed by atoms with van der Waals surface area (Å²) in [5, 5.41) is 0. The van der Waals surface area contributed by atoms with Gasteiger partial charge in [-0.2, -0.15) is 0 Å². The molecule has 0 spiro atoms. The molecule has 2 heterocycles. The van der Waals surface area contributed by atoms with Crippen LogP contribution in [-0.2, 0) is 0 Å². The van der Waals surface area contributed by atoms with Crippen LogP contribution in [0.2, 0.25) is 0 Å². The number of aromatic nitrogens is 2. The van der Waals surface area contributed by atoms with E-state index in [1.54, 1.807) is 0 Å². The second-order valence-electron chi connectivity index (χ2n) is 8.41. The van der Waals surface area contributed by atoms with Crippen LogP contribution in [0.3, 0.4) is 0 Å². The fourth-order valence-electron chi connectivity index (χ4n) is 6.16. The van der Waals surface area contributed by atoms with Crippen LogP contribution in [0.15, 0.2) is 48.8 Å². The quantitative estimate of drug-likeness (QED) is 0.764. The van der Waals surface area contributed by atoms with E-state index in [9.17, 15) is 0 Å². The SMILES string of the molecule is c1ccc(N(CCC2C3CC4CC(C3)CC2C4)c2ccccn2)nc1. The molecular formula is C22H27N3. The largest absolute Gasteiger partial charge is 0.311 e. The van der Waals surface area contributed by atoms with Crippen molar-refractivity contribution in [1.29, 1.82) is 0 Å². The van der Waals surface area contributed by atoms with E-state index in [-0.39, 0.29) is 0 Å². The lowest BCUT2D eigenvalue weighted by atomic mass is 9.51. The molecule has 0 amide bonds. The van der Waals surface area contributed by atoms with Crippen LogP contribution in [0.1, 0.15) is 38.5 Å². The highest BCUT2D eigenvalue weighted by Gasteiger charge is 2.47. The van der Waals surface area contributed by atoms with Crippen molar-refractivity contribution in [2.45, 2.75) is 38.5 Å². The van der Waals surface area contributed by atoms with Crippen LogP contribution in [0.5, 0.6) is 0 Å². The van der Waals surface area contributed by atoms with Gasteiger partial charge in [-0.3, -0.25) is 0 Å². The second-order valence-corrected chi connectivity index (χ2v) is 8.41. The molecule has 0 aromatic carbocycles. The highest BCUT2D eigenvalue weighted by molar-refractivity contribution is 5.55. The topological polar surface area (TPSA) is 29.0 Å². The number of pyridine rings is 2. The monoisotopic (exact) mass is 333 g/mol. The van der Waals surface area contributed by atoms with Gasteiger partial charge in [0, 0.05) is 18.9 Å². The molecule has 0 atom stereocenters. The van der Waals surface area contributed by atoms with Crippen LogP contribution < -0.4 is 4.90 Å². The van der Waals surface area contributed by atoms with Crippen molar-refractivity contribution in [1.82, 2.24) is 9.97 Å². The molecular weight excluding hydrogens is 306 g/mol. The molecule has 6 rings (SSSR count). The van der Waals surface area contributed by atoms with Crippen LogP contribution in [0.25, 0.3) is 0 Å². The van der Waals surface area contributed by atoms with E-state index >= 15 is 0 Å². The molecule has 0 unspecified atom stereocenters. The Labute approximate surface area is 150 Å². The standard InChI is InChI=1S/C22H27N3/c1-3-8-23-21(5-1)25(22-6-2-4-9-24-22)10-7-20-18-12-16-11-17(14-18)15-19(20)13-16/h1-6,8-9,16-20H,7,10-15H2. The van der Waals surface area contributed by atoms with Gasteiger partial charge in [0.2, 0.25) is 0 Å². The molecule has 4 aliphatic rings. The van der Waals surface area contributed by atoms with E-state index < -0.39 is 0 Å². The van der Waals surface area contributed by atoms with Crippen LogP contribution >= 0.6 is 0 Å². The first-order valence-corrected chi connectivity index (χ1v) is 9.96. The fourth-order valence-corrected chi connectivity index (χ4v) is 6.16. The van der Waals surface area contributed by atoms with E-state index in [4.69, 9.17) is 0 Å². The summed E-state index contributed by atoms with van der Waals surface area (Å²) in [5.41, 5.74) is 0. The zero-order chi connectivity index (χ0) is 16.6. The van der Waals surface area contributed by atoms with Crippen molar-refractivity contribution in [2.75, 3.05) is 11.4 Å². The van der Waals surface area contributed by atoms with E-state index in [0.717, 1.165) is 47.8 Å². The van der Waals surface area contributed by atoms with Crippen molar-refractivity contribution in [3.05, 3.63) is 48.8 Å². The summed E-state index contributed by atoms with van der Waals surface area (Å²) in [6, 6.07) is 12.3. The minimum atomic E-state index is 0.919. The van der Waals surface area contributed by atoms with Gasteiger partial charge in [0.1, 0.15) is 11.6 Å². The first-order valence-electron chi connectivity index (χ1n) is 9.96. The summed E-state index contributed by atoms with van der Waals surface area (Å²) in [5.74, 6) is 7.05. The van der Waals surface area contributed by atoms with Crippen LogP contribution in [0.4, 0.5) is 11.6 Å². The third-order valence-electron chi connectivity index (χ3n) is 6.96. The Hall–Kier alpha value is -1.90. The molecule has 0 aliphatic heterocycles. The average molecular weight is 333 g/mol. The van der Waals surface area contributed by atoms with E-state index in [2.05, 4.69) is 39.1 Å². The van der Waals surface area contributed by atoms with Gasteiger partial charge in [-0.25, -0.2) is 9.97 Å². The normalized spacial score (nSPS) is 32.7. The molecule has 2 aromatic heterocycles. The Balaban J connectivity index is 1.35. The predicted octanol–water partition coefficient (Wildman–Crippen LogP) is 5.08. The molecule has 4 aliphatic carbocycles. The van der Waals surface area contributed by atoms with Crippen molar-refractivity contribution < 1.29 is 0 Å². The van der Waals surface area contributed by atoms with Crippen molar-refractivity contribution in [2.24, 2.45) is 29.6 Å². The third kappa shape index (κ3) is 2.94. The van der Waals surface area contributed by atoms with Gasteiger partial charge in [0.05, 0.1) is 0 Å². The fraction of sp³-hybridized carbons (Fsp3) is 0.545. The maximum atomic E-state index is 4.60. The molecule has 0 N–H and O–H groups in total. The van der Waals surface area contributed by atoms with Crippen molar-refractivity contribution >= 4 is 11.6 Å². The van der Waals surface area contributed by atoms with Gasteiger partial charge in [0.25, 0.3) is 0 Å². The van der Waals surface area contributed by atoms with E-state index in [0.29, 0.717) is 0 Å². The van der Waals surface area contributed by atoms with Gasteiger partial charge in [0.15, 0.2) is 0 Å². The van der Waals surface area contributed by atoms with Crippen molar-refractivity contribution in [3.8, 4) is 0 Å². The Kier molecular flexibility index (Phi) is 3.95. The first-order chi connectivity index (χ1) is 12.4. The number of nitrogens with zero attached hydrogens (tertiary/aromatic N) is 3. The smallest absolute Gasteiger partial charge is 0.134 e. The lowest BCUT2D eigenvalue weighted by Crippen LogP contribution is -2.45. The number of hydrogen-bond acceptors (Lipinski definition) is 3. The number of hydrogen-bond donors (Lipinski definition) is 0. The molecule has 4 saturated carbocycles. The van der Waals surface area contributed by atoms with E-state index in [1.165, 1.54) is 38.5 Å². The first kappa shape index (κ1) is 15.4. The molecule has 25 heavy (non-hydrogen) atoms. The average Bonchev–Trinajstić information content (AvgIpc) is 2.65. The zero-order valence-electron chi connectivity index (χ0n) is 14.8.